The minimum Gasteiger partial charge on any atom is -0.427 e. The number of carbonyl (C=O) groups excluding carboxylic acids is 1. The molecule has 204 valence electrons. The molecule has 0 radical (unpaired) electrons. The van der Waals surface area contributed by atoms with E-state index in [9.17, 15) is 4.79 Å². The van der Waals surface area contributed by atoms with Crippen molar-refractivity contribution >= 4 is 51.2 Å². The van der Waals surface area contributed by atoms with Crippen LogP contribution in [0.1, 0.15) is 24.1 Å². The van der Waals surface area contributed by atoms with Gasteiger partial charge in [-0.1, -0.05) is 78.9 Å². The molecule has 0 N–H and O–H groups in total. The molecule has 7 rings (SSSR count). The van der Waals surface area contributed by atoms with Crippen LogP contribution in [0, 0.1) is 0 Å². The first-order valence-corrected chi connectivity index (χ1v) is 13.9. The minimum atomic E-state index is -0.340. The third kappa shape index (κ3) is 4.63. The summed E-state index contributed by atoms with van der Waals surface area (Å²) in [6.07, 6.45) is 4.47. The molecule has 0 spiro atoms. The van der Waals surface area contributed by atoms with Crippen LogP contribution in [0.5, 0.6) is 5.75 Å². The van der Waals surface area contributed by atoms with Crippen LogP contribution in [0.2, 0.25) is 0 Å². The van der Waals surface area contributed by atoms with Crippen LogP contribution in [0.3, 0.4) is 0 Å². The monoisotopic (exact) mass is 548 g/mol. The number of fused-ring (bicyclic) bond motifs is 4. The Bertz CT molecular complexity index is 2110. The topological polar surface area (TPSA) is 59.2 Å². The van der Waals surface area contributed by atoms with Crippen molar-refractivity contribution in [1.29, 1.82) is 0 Å². The fourth-order valence-corrected chi connectivity index (χ4v) is 5.73. The minimum absolute atomic E-state index is 0.0998. The van der Waals surface area contributed by atoms with Gasteiger partial charge in [0.25, 0.3) is 0 Å². The van der Waals surface area contributed by atoms with E-state index in [2.05, 4.69) is 93.7 Å². The quantitative estimate of drug-likeness (QED) is 0.132. The number of hydrogen-bond acceptors (Lipinski definition) is 5. The van der Waals surface area contributed by atoms with Gasteiger partial charge in [-0.3, -0.25) is 9.47 Å². The van der Waals surface area contributed by atoms with Gasteiger partial charge in [0.1, 0.15) is 5.75 Å². The lowest BCUT2D eigenvalue weighted by Crippen LogP contribution is -2.35. The second-order valence-corrected chi connectivity index (χ2v) is 10.4. The lowest BCUT2D eigenvalue weighted by Gasteiger charge is -2.25. The van der Waals surface area contributed by atoms with E-state index in [0.717, 1.165) is 49.2 Å². The lowest BCUT2D eigenvalue weighted by atomic mass is 10.1. The highest BCUT2D eigenvalue weighted by molar-refractivity contribution is 5.92. The first-order chi connectivity index (χ1) is 20.5. The number of rotatable bonds is 5. The first-order valence-electron chi connectivity index (χ1n) is 13.9. The SMILES string of the molecule is CC(=O)Oc1ccc2c(c1)c(=Cc1ccc(N=Nc3cccc4ccccc34)cc1)c1n2N(C)C(c2ccccc2)C=1. The van der Waals surface area contributed by atoms with Gasteiger partial charge in [-0.2, -0.15) is 5.11 Å². The van der Waals surface area contributed by atoms with Crippen molar-refractivity contribution in [3.63, 3.8) is 0 Å². The zero-order chi connectivity index (χ0) is 28.6. The Morgan fingerprint density at radius 1 is 0.810 bits per heavy atom. The Morgan fingerprint density at radius 2 is 1.57 bits per heavy atom. The van der Waals surface area contributed by atoms with Gasteiger partial charge in [0, 0.05) is 30.0 Å². The number of ether oxygens (including phenoxy) is 1. The van der Waals surface area contributed by atoms with Crippen LogP contribution in [0.25, 0.3) is 33.8 Å². The van der Waals surface area contributed by atoms with Crippen molar-refractivity contribution in [3.05, 3.63) is 137 Å². The van der Waals surface area contributed by atoms with Crippen LogP contribution in [-0.2, 0) is 4.79 Å². The summed E-state index contributed by atoms with van der Waals surface area (Å²) in [7, 11) is 2.10. The lowest BCUT2D eigenvalue weighted by molar-refractivity contribution is -0.131. The maximum atomic E-state index is 11.7. The number of esters is 1. The molecule has 6 aromatic rings. The van der Waals surface area contributed by atoms with E-state index in [1.807, 2.05) is 60.7 Å². The van der Waals surface area contributed by atoms with E-state index in [1.54, 1.807) is 0 Å². The fraction of sp³-hybridized carbons (Fsp3) is 0.0833. The van der Waals surface area contributed by atoms with Gasteiger partial charge in [0.05, 0.1) is 28.3 Å². The summed E-state index contributed by atoms with van der Waals surface area (Å²) in [5.41, 5.74) is 4.92. The van der Waals surface area contributed by atoms with Crippen molar-refractivity contribution in [3.8, 4) is 5.75 Å². The molecule has 0 saturated heterocycles. The number of azo groups is 1. The average molecular weight is 549 g/mol. The number of aromatic nitrogens is 1. The maximum absolute atomic E-state index is 11.7. The molecule has 0 fully saturated rings. The highest BCUT2D eigenvalue weighted by Crippen LogP contribution is 2.29. The highest BCUT2D eigenvalue weighted by atomic mass is 16.5. The Labute approximate surface area is 243 Å². The Morgan fingerprint density at radius 3 is 2.38 bits per heavy atom. The molecule has 1 aromatic heterocycles. The number of carbonyl (C=O) groups is 1. The summed E-state index contributed by atoms with van der Waals surface area (Å²) in [5.74, 6) is 0.188. The van der Waals surface area contributed by atoms with Crippen LogP contribution < -0.4 is 20.3 Å². The molecule has 0 saturated carbocycles. The Hall–Kier alpha value is -5.49. The van der Waals surface area contributed by atoms with Crippen molar-refractivity contribution in [2.24, 2.45) is 10.2 Å². The number of benzene rings is 5. The van der Waals surface area contributed by atoms with Crippen molar-refractivity contribution in [2.45, 2.75) is 13.0 Å². The smallest absolute Gasteiger partial charge is 0.308 e. The van der Waals surface area contributed by atoms with E-state index in [-0.39, 0.29) is 12.0 Å². The summed E-state index contributed by atoms with van der Waals surface area (Å²) in [6, 6.07) is 38.7. The Balaban J connectivity index is 1.30. The van der Waals surface area contributed by atoms with E-state index in [1.165, 1.54) is 12.5 Å². The average Bonchev–Trinajstić information content (AvgIpc) is 3.50. The van der Waals surface area contributed by atoms with Crippen LogP contribution in [0.4, 0.5) is 11.4 Å². The molecule has 5 aromatic carbocycles. The number of nitrogens with zero attached hydrogens (tertiary/aromatic N) is 4. The molecule has 2 heterocycles. The molecule has 0 amide bonds. The molecular weight excluding hydrogens is 520 g/mol. The summed E-state index contributed by atoms with van der Waals surface area (Å²) in [5, 5.41) is 16.7. The second kappa shape index (κ2) is 10.5. The molecule has 42 heavy (non-hydrogen) atoms. The van der Waals surface area contributed by atoms with Crippen LogP contribution in [-0.4, -0.2) is 17.7 Å². The zero-order valence-electron chi connectivity index (χ0n) is 23.3. The largest absolute Gasteiger partial charge is 0.427 e. The standard InChI is InChI=1S/C36H28N4O2/c1-24(41)42-29-19-20-34-32(22-29)31(36-23-35(39(2)40(34)36)27-10-4-3-5-11-27)21-25-15-17-28(18-16-25)37-38-33-14-8-12-26-9-6-7-13-30(26)33/h3-23,35H,1-2H3. The number of hydrogen-bond donors (Lipinski definition) is 0. The van der Waals surface area contributed by atoms with Crippen molar-refractivity contribution < 1.29 is 9.53 Å². The van der Waals surface area contributed by atoms with Gasteiger partial charge in [-0.25, -0.2) is 0 Å². The third-order valence-corrected chi connectivity index (χ3v) is 7.67. The van der Waals surface area contributed by atoms with Crippen LogP contribution >= 0.6 is 0 Å². The van der Waals surface area contributed by atoms with E-state index in [4.69, 9.17) is 4.74 Å². The second-order valence-electron chi connectivity index (χ2n) is 10.4. The van der Waals surface area contributed by atoms with E-state index >= 15 is 0 Å². The molecule has 1 aliphatic heterocycles. The molecule has 1 atom stereocenters. The summed E-state index contributed by atoms with van der Waals surface area (Å²) >= 11 is 0. The predicted octanol–water partition coefficient (Wildman–Crippen LogP) is 7.07. The molecule has 0 bridgehead atoms. The third-order valence-electron chi connectivity index (χ3n) is 7.67. The fourth-order valence-electron chi connectivity index (χ4n) is 5.73. The van der Waals surface area contributed by atoms with Gasteiger partial charge < -0.3 is 9.75 Å². The first kappa shape index (κ1) is 25.5. The van der Waals surface area contributed by atoms with E-state index < -0.39 is 0 Å². The maximum Gasteiger partial charge on any atom is 0.308 e. The highest BCUT2D eigenvalue weighted by Gasteiger charge is 2.25. The normalized spacial score (nSPS) is 15.0. The summed E-state index contributed by atoms with van der Waals surface area (Å²) in [4.78, 5) is 11.7. The molecule has 1 aliphatic rings. The molecule has 6 heteroatoms. The molecule has 0 aliphatic carbocycles. The Kier molecular flexibility index (Phi) is 6.36. The molecule has 1 unspecified atom stereocenters. The van der Waals surface area contributed by atoms with Crippen molar-refractivity contribution in [1.82, 2.24) is 4.68 Å². The predicted molar refractivity (Wildman–Crippen MR) is 168 cm³/mol. The van der Waals surface area contributed by atoms with Gasteiger partial charge in [-0.15, -0.1) is 5.11 Å². The van der Waals surface area contributed by atoms with Gasteiger partial charge >= 0.3 is 5.97 Å². The van der Waals surface area contributed by atoms with Gasteiger partial charge in [0.15, 0.2) is 0 Å². The van der Waals surface area contributed by atoms with Gasteiger partial charge in [0.2, 0.25) is 0 Å². The van der Waals surface area contributed by atoms with Crippen LogP contribution in [0.15, 0.2) is 125 Å². The van der Waals surface area contributed by atoms with Gasteiger partial charge in [-0.05, 0) is 65.1 Å². The summed E-state index contributed by atoms with van der Waals surface area (Å²) < 4.78 is 7.68. The zero-order valence-corrected chi connectivity index (χ0v) is 23.3. The summed E-state index contributed by atoms with van der Waals surface area (Å²) in [6.45, 7) is 1.42. The molecule has 6 nitrogen and oxygen atoms in total. The van der Waals surface area contributed by atoms with Crippen molar-refractivity contribution in [2.75, 3.05) is 12.1 Å². The van der Waals surface area contributed by atoms with E-state index in [0.29, 0.717) is 5.75 Å². The molecular formula is C36H28N4O2.